The van der Waals surface area contributed by atoms with Crippen LogP contribution in [0.4, 0.5) is 10.6 Å². The molecule has 3 amide bonds. The molecule has 0 fully saturated rings. The van der Waals surface area contributed by atoms with Gasteiger partial charge in [0.15, 0.2) is 0 Å². The van der Waals surface area contributed by atoms with Crippen LogP contribution >= 0.6 is 0 Å². The number of phenols is 1. The lowest BCUT2D eigenvalue weighted by Crippen LogP contribution is -2.38. The second-order valence-corrected chi connectivity index (χ2v) is 5.77. The highest BCUT2D eigenvalue weighted by Crippen LogP contribution is 2.11. The summed E-state index contributed by atoms with van der Waals surface area (Å²) in [6.45, 7) is 2.56. The number of urea groups is 1. The molecule has 7 heteroatoms. The standard InChI is InChI=1S/C18H22N4O3/c1-13-3-8-16(20-11-13)21-17(24)9-10-19-18(25)22(2)12-14-4-6-15(23)7-5-14/h3-8,11,23H,9-10,12H2,1-2H3,(H,19,25)(H,20,21,24). The van der Waals surface area contributed by atoms with Gasteiger partial charge in [-0.05, 0) is 36.2 Å². The van der Waals surface area contributed by atoms with Gasteiger partial charge < -0.3 is 20.6 Å². The highest BCUT2D eigenvalue weighted by atomic mass is 16.3. The van der Waals surface area contributed by atoms with Crippen LogP contribution in [-0.4, -0.2) is 40.5 Å². The van der Waals surface area contributed by atoms with Gasteiger partial charge in [-0.15, -0.1) is 0 Å². The molecule has 2 aromatic rings. The summed E-state index contributed by atoms with van der Waals surface area (Å²) in [6, 6.07) is 9.98. The van der Waals surface area contributed by atoms with Crippen LogP contribution in [0.5, 0.6) is 5.75 Å². The molecule has 2 rings (SSSR count). The number of rotatable bonds is 6. The molecule has 7 nitrogen and oxygen atoms in total. The van der Waals surface area contributed by atoms with Gasteiger partial charge in [-0.1, -0.05) is 18.2 Å². The first kappa shape index (κ1) is 18.3. The van der Waals surface area contributed by atoms with Gasteiger partial charge in [-0.3, -0.25) is 4.79 Å². The summed E-state index contributed by atoms with van der Waals surface area (Å²) in [5.74, 6) is 0.467. The minimum Gasteiger partial charge on any atom is -0.508 e. The predicted octanol–water partition coefficient (Wildman–Crippen LogP) is 2.27. The number of nitrogens with zero attached hydrogens (tertiary/aromatic N) is 2. The van der Waals surface area contributed by atoms with Gasteiger partial charge in [0, 0.05) is 32.8 Å². The van der Waals surface area contributed by atoms with Gasteiger partial charge in [-0.2, -0.15) is 0 Å². The number of pyridine rings is 1. The van der Waals surface area contributed by atoms with Gasteiger partial charge in [0.25, 0.3) is 0 Å². The first-order valence-electron chi connectivity index (χ1n) is 7.93. The number of hydrogen-bond acceptors (Lipinski definition) is 4. The Hall–Kier alpha value is -3.09. The van der Waals surface area contributed by atoms with E-state index in [-0.39, 0.29) is 30.7 Å². The second-order valence-electron chi connectivity index (χ2n) is 5.77. The zero-order chi connectivity index (χ0) is 18.2. The van der Waals surface area contributed by atoms with E-state index in [1.54, 1.807) is 43.6 Å². The molecule has 1 aromatic heterocycles. The van der Waals surface area contributed by atoms with Crippen molar-refractivity contribution >= 4 is 17.8 Å². The molecule has 0 radical (unpaired) electrons. The molecule has 1 heterocycles. The van der Waals surface area contributed by atoms with Crippen LogP contribution in [-0.2, 0) is 11.3 Å². The summed E-state index contributed by atoms with van der Waals surface area (Å²) in [6.07, 6.45) is 1.84. The largest absolute Gasteiger partial charge is 0.508 e. The van der Waals surface area contributed by atoms with Crippen LogP contribution in [0.2, 0.25) is 0 Å². The van der Waals surface area contributed by atoms with E-state index < -0.39 is 0 Å². The Bertz CT molecular complexity index is 714. The number of hydrogen-bond donors (Lipinski definition) is 3. The number of carbonyl (C=O) groups is 2. The zero-order valence-electron chi connectivity index (χ0n) is 14.3. The smallest absolute Gasteiger partial charge is 0.317 e. The third kappa shape index (κ3) is 6.14. The molecule has 0 saturated heterocycles. The number of nitrogens with one attached hydrogen (secondary N) is 2. The Morgan fingerprint density at radius 1 is 1.16 bits per heavy atom. The van der Waals surface area contributed by atoms with Crippen molar-refractivity contribution in [3.8, 4) is 5.75 Å². The molecule has 1 aromatic carbocycles. The van der Waals surface area contributed by atoms with Crippen LogP contribution in [0.25, 0.3) is 0 Å². The van der Waals surface area contributed by atoms with Gasteiger partial charge in [-0.25, -0.2) is 9.78 Å². The lowest BCUT2D eigenvalue weighted by atomic mass is 10.2. The quantitative estimate of drug-likeness (QED) is 0.750. The van der Waals surface area contributed by atoms with E-state index in [1.807, 2.05) is 13.0 Å². The molecule has 0 spiro atoms. The van der Waals surface area contributed by atoms with Crippen LogP contribution < -0.4 is 10.6 Å². The fraction of sp³-hybridized carbons (Fsp3) is 0.278. The first-order chi connectivity index (χ1) is 11.9. The molecule has 0 saturated carbocycles. The van der Waals surface area contributed by atoms with E-state index in [0.29, 0.717) is 12.4 Å². The van der Waals surface area contributed by atoms with Crippen molar-refractivity contribution in [2.75, 3.05) is 18.9 Å². The minimum atomic E-state index is -0.269. The molecule has 0 aliphatic rings. The van der Waals surface area contributed by atoms with Gasteiger partial charge >= 0.3 is 6.03 Å². The van der Waals surface area contributed by atoms with E-state index in [4.69, 9.17) is 0 Å². The summed E-state index contributed by atoms with van der Waals surface area (Å²) in [5.41, 5.74) is 1.92. The maximum Gasteiger partial charge on any atom is 0.317 e. The number of phenolic OH excluding ortho intramolecular Hbond substituents is 1. The van der Waals surface area contributed by atoms with E-state index in [2.05, 4.69) is 15.6 Å². The molecule has 0 aliphatic heterocycles. The maximum absolute atomic E-state index is 12.0. The van der Waals surface area contributed by atoms with Gasteiger partial charge in [0.05, 0.1) is 0 Å². The van der Waals surface area contributed by atoms with Gasteiger partial charge in [0.1, 0.15) is 11.6 Å². The molecular weight excluding hydrogens is 320 g/mol. The topological polar surface area (TPSA) is 94.6 Å². The summed E-state index contributed by atoms with van der Waals surface area (Å²) in [5, 5.41) is 14.6. The van der Waals surface area contributed by atoms with Crippen molar-refractivity contribution in [1.29, 1.82) is 0 Å². The third-order valence-electron chi connectivity index (χ3n) is 3.51. The van der Waals surface area contributed by atoms with E-state index in [1.165, 1.54) is 4.90 Å². The summed E-state index contributed by atoms with van der Waals surface area (Å²) >= 11 is 0. The SMILES string of the molecule is Cc1ccc(NC(=O)CCNC(=O)N(C)Cc2ccc(O)cc2)nc1. The van der Waals surface area contributed by atoms with Crippen molar-refractivity contribution in [2.24, 2.45) is 0 Å². The highest BCUT2D eigenvalue weighted by molar-refractivity contribution is 5.90. The molecule has 3 N–H and O–H groups in total. The molecule has 25 heavy (non-hydrogen) atoms. The van der Waals surface area contributed by atoms with Crippen LogP contribution in [0, 0.1) is 6.92 Å². The number of anilines is 1. The van der Waals surface area contributed by atoms with Crippen molar-refractivity contribution in [2.45, 2.75) is 19.9 Å². The fourth-order valence-corrected chi connectivity index (χ4v) is 2.11. The second kappa shape index (κ2) is 8.68. The zero-order valence-corrected chi connectivity index (χ0v) is 14.3. The maximum atomic E-state index is 12.0. The normalized spacial score (nSPS) is 10.2. The number of amides is 3. The Morgan fingerprint density at radius 3 is 2.52 bits per heavy atom. The van der Waals surface area contributed by atoms with Crippen molar-refractivity contribution < 1.29 is 14.7 Å². The van der Waals surface area contributed by atoms with E-state index in [0.717, 1.165) is 11.1 Å². The summed E-state index contributed by atoms with van der Waals surface area (Å²) < 4.78 is 0. The lowest BCUT2D eigenvalue weighted by molar-refractivity contribution is -0.116. The van der Waals surface area contributed by atoms with Gasteiger partial charge in [0.2, 0.25) is 5.91 Å². The number of aryl methyl sites for hydroxylation is 1. The molecule has 0 aliphatic carbocycles. The minimum absolute atomic E-state index is 0.161. The lowest BCUT2D eigenvalue weighted by Gasteiger charge is -2.18. The Labute approximate surface area is 146 Å². The average Bonchev–Trinajstić information content (AvgIpc) is 2.59. The van der Waals surface area contributed by atoms with Crippen LogP contribution in [0.1, 0.15) is 17.5 Å². The Morgan fingerprint density at radius 2 is 1.88 bits per heavy atom. The number of carbonyl (C=O) groups excluding carboxylic acids is 2. The first-order valence-corrected chi connectivity index (χ1v) is 7.93. The molecular formula is C18H22N4O3. The molecule has 0 atom stereocenters. The van der Waals surface area contributed by atoms with E-state index in [9.17, 15) is 14.7 Å². The van der Waals surface area contributed by atoms with Crippen LogP contribution in [0.15, 0.2) is 42.6 Å². The Kier molecular flexibility index (Phi) is 6.33. The van der Waals surface area contributed by atoms with Crippen LogP contribution in [0.3, 0.4) is 0 Å². The fourth-order valence-electron chi connectivity index (χ4n) is 2.11. The van der Waals surface area contributed by atoms with Crippen molar-refractivity contribution in [3.63, 3.8) is 0 Å². The monoisotopic (exact) mass is 342 g/mol. The number of aromatic nitrogens is 1. The predicted molar refractivity (Wildman–Crippen MR) is 95.2 cm³/mol. The molecule has 132 valence electrons. The molecule has 0 unspecified atom stereocenters. The average molecular weight is 342 g/mol. The number of aromatic hydroxyl groups is 1. The van der Waals surface area contributed by atoms with Crippen molar-refractivity contribution in [3.05, 3.63) is 53.7 Å². The summed E-state index contributed by atoms with van der Waals surface area (Å²) in [4.78, 5) is 29.4. The number of benzene rings is 1. The Balaban J connectivity index is 1.71. The van der Waals surface area contributed by atoms with E-state index >= 15 is 0 Å². The molecule has 0 bridgehead atoms. The highest BCUT2D eigenvalue weighted by Gasteiger charge is 2.10. The summed E-state index contributed by atoms with van der Waals surface area (Å²) in [7, 11) is 1.67. The third-order valence-corrected chi connectivity index (χ3v) is 3.51. The van der Waals surface area contributed by atoms with Crippen molar-refractivity contribution in [1.82, 2.24) is 15.2 Å².